The zero-order chi connectivity index (χ0) is 22.5. The number of carbonyl (C=O) groups excluding carboxylic acids is 2. The highest BCUT2D eigenvalue weighted by atomic mass is 32.1. The minimum Gasteiger partial charge on any atom is -0.494 e. The highest BCUT2D eigenvalue weighted by molar-refractivity contribution is 7.17. The summed E-state index contributed by atoms with van der Waals surface area (Å²) in [4.78, 5) is 29.1. The molecule has 32 heavy (non-hydrogen) atoms. The van der Waals surface area contributed by atoms with E-state index in [-0.39, 0.29) is 17.8 Å². The molecule has 7 heteroatoms. The van der Waals surface area contributed by atoms with Crippen LogP contribution < -0.4 is 10.1 Å². The summed E-state index contributed by atoms with van der Waals surface area (Å²) in [7, 11) is 1.40. The number of piperidine rings is 1. The third kappa shape index (κ3) is 5.15. The Morgan fingerprint density at radius 3 is 2.72 bits per heavy atom. The van der Waals surface area contributed by atoms with Crippen molar-refractivity contribution in [1.29, 1.82) is 0 Å². The first kappa shape index (κ1) is 22.8. The molecule has 1 N–H and O–H groups in total. The molecule has 4 rings (SSSR count). The van der Waals surface area contributed by atoms with Gasteiger partial charge in [-0.3, -0.25) is 9.69 Å². The molecule has 0 spiro atoms. The lowest BCUT2D eigenvalue weighted by molar-refractivity contribution is -0.121. The van der Waals surface area contributed by atoms with Crippen LogP contribution in [0.5, 0.6) is 5.75 Å². The van der Waals surface area contributed by atoms with Crippen molar-refractivity contribution in [3.63, 3.8) is 0 Å². The van der Waals surface area contributed by atoms with E-state index in [1.165, 1.54) is 17.6 Å². The molecule has 1 fully saturated rings. The van der Waals surface area contributed by atoms with Gasteiger partial charge in [-0.25, -0.2) is 4.79 Å². The van der Waals surface area contributed by atoms with E-state index < -0.39 is 0 Å². The molecular formula is C25H32N2O4S. The molecule has 1 aromatic carbocycles. The van der Waals surface area contributed by atoms with Crippen LogP contribution in [0.15, 0.2) is 24.3 Å². The van der Waals surface area contributed by atoms with Crippen molar-refractivity contribution in [3.05, 3.63) is 45.8 Å². The molecule has 1 aliphatic heterocycles. The van der Waals surface area contributed by atoms with Crippen LogP contribution in [-0.4, -0.2) is 43.6 Å². The monoisotopic (exact) mass is 456 g/mol. The number of methoxy groups -OCH3 is 1. The zero-order valence-corrected chi connectivity index (χ0v) is 19.8. The van der Waals surface area contributed by atoms with Gasteiger partial charge >= 0.3 is 5.97 Å². The molecule has 2 aromatic rings. The van der Waals surface area contributed by atoms with Gasteiger partial charge < -0.3 is 14.8 Å². The molecule has 1 aromatic heterocycles. The van der Waals surface area contributed by atoms with Crippen LogP contribution in [0.1, 0.15) is 59.0 Å². The summed E-state index contributed by atoms with van der Waals surface area (Å²) in [5, 5.41) is 3.75. The van der Waals surface area contributed by atoms with E-state index in [1.54, 1.807) is 11.3 Å². The number of anilines is 1. The van der Waals surface area contributed by atoms with E-state index >= 15 is 0 Å². The first-order valence-electron chi connectivity index (χ1n) is 11.6. The lowest BCUT2D eigenvalue weighted by atomic mass is 9.94. The Hall–Kier alpha value is -2.38. The number of hydrogen-bond donors (Lipinski definition) is 1. The summed E-state index contributed by atoms with van der Waals surface area (Å²) in [6.45, 7) is 5.26. The maximum Gasteiger partial charge on any atom is 0.341 e. The number of aryl methyl sites for hydroxylation is 1. The number of benzene rings is 1. The number of nitrogens with zero attached hydrogens (tertiary/aromatic N) is 1. The van der Waals surface area contributed by atoms with Crippen molar-refractivity contribution in [3.8, 4) is 5.75 Å². The predicted octanol–water partition coefficient (Wildman–Crippen LogP) is 4.66. The van der Waals surface area contributed by atoms with E-state index in [9.17, 15) is 9.59 Å². The van der Waals surface area contributed by atoms with Gasteiger partial charge in [-0.2, -0.15) is 0 Å². The fourth-order valence-corrected chi connectivity index (χ4v) is 5.98. The summed E-state index contributed by atoms with van der Waals surface area (Å²) in [5.41, 5.74) is 2.88. The minimum atomic E-state index is -0.344. The van der Waals surface area contributed by atoms with E-state index in [1.807, 2.05) is 19.1 Å². The van der Waals surface area contributed by atoms with E-state index in [0.717, 1.165) is 69.5 Å². The molecule has 0 radical (unpaired) electrons. The van der Waals surface area contributed by atoms with E-state index in [0.29, 0.717) is 17.2 Å². The van der Waals surface area contributed by atoms with Crippen molar-refractivity contribution in [2.75, 3.05) is 32.1 Å². The maximum atomic E-state index is 13.0. The van der Waals surface area contributed by atoms with Crippen LogP contribution in [0.25, 0.3) is 0 Å². The Kier molecular flexibility index (Phi) is 7.48. The topological polar surface area (TPSA) is 67.9 Å². The second kappa shape index (κ2) is 10.5. The molecule has 1 saturated heterocycles. The lowest BCUT2D eigenvalue weighted by Gasteiger charge is -2.31. The Morgan fingerprint density at radius 1 is 1.19 bits per heavy atom. The number of rotatable bonds is 7. The summed E-state index contributed by atoms with van der Waals surface area (Å²) < 4.78 is 10.6. The van der Waals surface area contributed by atoms with Crippen LogP contribution in [0.2, 0.25) is 0 Å². The highest BCUT2D eigenvalue weighted by Gasteiger charge is 2.30. The van der Waals surface area contributed by atoms with Crippen LogP contribution in [0.3, 0.4) is 0 Å². The third-order valence-corrected chi connectivity index (χ3v) is 7.58. The maximum absolute atomic E-state index is 13.0. The molecule has 172 valence electrons. The average molecular weight is 457 g/mol. The molecule has 6 nitrogen and oxygen atoms in total. The molecular weight excluding hydrogens is 424 g/mol. The Balaban J connectivity index is 1.36. The van der Waals surface area contributed by atoms with E-state index in [4.69, 9.17) is 9.47 Å². The van der Waals surface area contributed by atoms with Gasteiger partial charge in [-0.05, 0) is 81.8 Å². The van der Waals surface area contributed by atoms with Crippen LogP contribution >= 0.6 is 11.3 Å². The predicted molar refractivity (Wildman–Crippen MR) is 127 cm³/mol. The lowest BCUT2D eigenvalue weighted by Crippen LogP contribution is -2.37. The fourth-order valence-electron chi connectivity index (χ4n) is 4.70. The van der Waals surface area contributed by atoms with Crippen molar-refractivity contribution in [2.45, 2.75) is 52.0 Å². The molecule has 0 saturated carbocycles. The smallest absolute Gasteiger partial charge is 0.341 e. The summed E-state index contributed by atoms with van der Waals surface area (Å²) in [6.07, 6.45) is 5.70. The normalized spacial score (nSPS) is 16.9. The van der Waals surface area contributed by atoms with Crippen molar-refractivity contribution in [1.82, 2.24) is 4.90 Å². The molecule has 1 aliphatic carbocycles. The fraction of sp³-hybridized carbons (Fsp3) is 0.520. The SMILES string of the molecule is CCOc1cccc(CN2CCC(C(=O)Nc3sc4c(c3C(=O)OC)CCCC4)CC2)c1. The first-order valence-corrected chi connectivity index (χ1v) is 12.4. The number of carbonyl (C=O) groups is 2. The number of nitrogens with one attached hydrogen (secondary N) is 1. The van der Waals surface area contributed by atoms with Crippen LogP contribution in [0.4, 0.5) is 5.00 Å². The van der Waals surface area contributed by atoms with Crippen molar-refractivity contribution < 1.29 is 19.1 Å². The summed E-state index contributed by atoms with van der Waals surface area (Å²) in [5.74, 6) is 0.542. The second-order valence-electron chi connectivity index (χ2n) is 8.53. The van der Waals surface area contributed by atoms with Gasteiger partial charge in [0.2, 0.25) is 5.91 Å². The van der Waals surface area contributed by atoms with Crippen molar-refractivity contribution in [2.24, 2.45) is 5.92 Å². The molecule has 0 atom stereocenters. The number of thiophene rings is 1. The second-order valence-corrected chi connectivity index (χ2v) is 9.63. The number of likely N-dealkylation sites (tertiary alicyclic amines) is 1. The number of amides is 1. The van der Waals surface area contributed by atoms with Gasteiger partial charge in [0.05, 0.1) is 19.3 Å². The molecule has 1 amide bonds. The Labute approximate surface area is 193 Å². The van der Waals surface area contributed by atoms with Gasteiger partial charge in [0.1, 0.15) is 10.8 Å². The molecule has 2 heterocycles. The highest BCUT2D eigenvalue weighted by Crippen LogP contribution is 2.39. The van der Waals surface area contributed by atoms with Gasteiger partial charge in [-0.15, -0.1) is 11.3 Å². The number of ether oxygens (including phenoxy) is 2. The standard InChI is InChI=1S/C25H32N2O4S/c1-3-31-19-8-6-7-17(15-19)16-27-13-11-18(12-14-27)23(28)26-24-22(25(29)30-2)20-9-4-5-10-21(20)32-24/h6-8,15,18H,3-5,9-14,16H2,1-2H3,(H,26,28). The first-order chi connectivity index (χ1) is 15.6. The zero-order valence-electron chi connectivity index (χ0n) is 18.9. The summed E-state index contributed by atoms with van der Waals surface area (Å²) >= 11 is 1.55. The Morgan fingerprint density at radius 2 is 1.97 bits per heavy atom. The van der Waals surface area contributed by atoms with Gasteiger partial charge in [-0.1, -0.05) is 12.1 Å². The molecule has 2 aliphatic rings. The quantitative estimate of drug-likeness (QED) is 0.614. The Bertz CT molecular complexity index is 963. The summed E-state index contributed by atoms with van der Waals surface area (Å²) in [6, 6.07) is 8.22. The van der Waals surface area contributed by atoms with E-state index in [2.05, 4.69) is 22.3 Å². The van der Waals surface area contributed by atoms with Gasteiger partial charge in [0.15, 0.2) is 0 Å². The van der Waals surface area contributed by atoms with Crippen LogP contribution in [0, 0.1) is 5.92 Å². The van der Waals surface area contributed by atoms with Crippen LogP contribution in [-0.2, 0) is 28.9 Å². The number of fused-ring (bicyclic) bond motifs is 1. The molecule has 0 bridgehead atoms. The molecule has 0 unspecified atom stereocenters. The van der Waals surface area contributed by atoms with Gasteiger partial charge in [0.25, 0.3) is 0 Å². The third-order valence-electron chi connectivity index (χ3n) is 6.37. The minimum absolute atomic E-state index is 0.0201. The number of hydrogen-bond acceptors (Lipinski definition) is 6. The average Bonchev–Trinajstić information content (AvgIpc) is 3.17. The van der Waals surface area contributed by atoms with Gasteiger partial charge in [0, 0.05) is 17.3 Å². The van der Waals surface area contributed by atoms with Crippen molar-refractivity contribution >= 4 is 28.2 Å². The number of esters is 1. The largest absolute Gasteiger partial charge is 0.494 e.